The lowest BCUT2D eigenvalue weighted by atomic mass is 10.2. The minimum Gasteiger partial charge on any atom is -0.310 e. The van der Waals surface area contributed by atoms with Crippen molar-refractivity contribution in [2.75, 3.05) is 5.01 Å². The van der Waals surface area contributed by atoms with E-state index in [4.69, 9.17) is 11.6 Å². The van der Waals surface area contributed by atoms with Crippen molar-refractivity contribution in [3.63, 3.8) is 0 Å². The monoisotopic (exact) mass is 445 g/mol. The third-order valence-electron chi connectivity index (χ3n) is 4.57. The van der Waals surface area contributed by atoms with E-state index in [1.807, 2.05) is 23.3 Å². The van der Waals surface area contributed by atoms with Crippen LogP contribution < -0.4 is 16.0 Å². The van der Waals surface area contributed by atoms with Gasteiger partial charge in [0.2, 0.25) is 0 Å². The third-order valence-corrected chi connectivity index (χ3v) is 5.77. The van der Waals surface area contributed by atoms with Crippen LogP contribution >= 0.6 is 27.5 Å². The third kappa shape index (κ3) is 3.63. The summed E-state index contributed by atoms with van der Waals surface area (Å²) < 4.78 is 0.711. The molecule has 0 bridgehead atoms. The van der Waals surface area contributed by atoms with Crippen LogP contribution in [0.15, 0.2) is 51.5 Å². The number of H-pyrrole nitrogens is 1. The molecular formula is C19H17BrClN5O. The predicted molar refractivity (Wildman–Crippen MR) is 111 cm³/mol. The van der Waals surface area contributed by atoms with E-state index < -0.39 is 0 Å². The summed E-state index contributed by atoms with van der Waals surface area (Å²) in [5.74, 6) is 1.40. The minimum absolute atomic E-state index is 0.204. The number of rotatable bonds is 3. The molecule has 0 saturated carbocycles. The molecule has 27 heavy (non-hydrogen) atoms. The number of halogens is 2. The molecule has 138 valence electrons. The zero-order chi connectivity index (χ0) is 19.1. The summed E-state index contributed by atoms with van der Waals surface area (Å²) in [6, 6.07) is 7.60. The molecule has 0 saturated heterocycles. The Bertz CT molecular complexity index is 1110. The average molecular weight is 447 g/mol. The van der Waals surface area contributed by atoms with E-state index in [1.165, 1.54) is 5.57 Å². The van der Waals surface area contributed by atoms with Gasteiger partial charge in [-0.1, -0.05) is 17.7 Å². The molecule has 0 amide bonds. The largest absolute Gasteiger partial charge is 0.310 e. The summed E-state index contributed by atoms with van der Waals surface area (Å²) in [6.45, 7) is 4.19. The number of hydrazine groups is 1. The Kier molecular flexibility index (Phi) is 4.75. The lowest BCUT2D eigenvalue weighted by Gasteiger charge is -2.17. The van der Waals surface area contributed by atoms with Gasteiger partial charge in [0.15, 0.2) is 0 Å². The second-order valence-electron chi connectivity index (χ2n) is 6.59. The van der Waals surface area contributed by atoms with Crippen LogP contribution in [-0.4, -0.2) is 21.0 Å². The number of hydrogen-bond acceptors (Lipinski definition) is 5. The molecule has 0 fully saturated rings. The summed E-state index contributed by atoms with van der Waals surface area (Å²) in [7, 11) is 0. The maximum absolute atomic E-state index is 12.3. The van der Waals surface area contributed by atoms with Crippen LogP contribution in [0.3, 0.4) is 0 Å². The van der Waals surface area contributed by atoms with Crippen LogP contribution in [0.1, 0.15) is 25.2 Å². The second-order valence-corrected chi connectivity index (χ2v) is 7.85. The number of benzene rings is 1. The van der Waals surface area contributed by atoms with Gasteiger partial charge in [-0.2, -0.15) is 0 Å². The van der Waals surface area contributed by atoms with Crippen LogP contribution in [0.25, 0.3) is 10.9 Å². The van der Waals surface area contributed by atoms with Crippen molar-refractivity contribution in [2.24, 2.45) is 0 Å². The van der Waals surface area contributed by atoms with E-state index in [2.05, 4.69) is 50.2 Å². The van der Waals surface area contributed by atoms with E-state index >= 15 is 0 Å². The molecular weight excluding hydrogens is 430 g/mol. The zero-order valence-corrected chi connectivity index (χ0v) is 17.1. The van der Waals surface area contributed by atoms with Gasteiger partial charge in [-0.3, -0.25) is 9.80 Å². The highest BCUT2D eigenvalue weighted by atomic mass is 79.9. The molecule has 0 radical (unpaired) electrons. The number of nitrogens with zero attached hydrogens (tertiary/aromatic N) is 3. The molecule has 0 spiro atoms. The van der Waals surface area contributed by atoms with Gasteiger partial charge in [0.25, 0.3) is 5.56 Å². The molecule has 8 heteroatoms. The summed E-state index contributed by atoms with van der Waals surface area (Å²) >= 11 is 9.44. The van der Waals surface area contributed by atoms with Crippen molar-refractivity contribution < 1.29 is 0 Å². The maximum atomic E-state index is 12.3. The number of nitrogens with one attached hydrogen (secondary N) is 2. The minimum atomic E-state index is -0.204. The molecule has 3 aromatic rings. The van der Waals surface area contributed by atoms with Crippen LogP contribution in [0.2, 0.25) is 5.02 Å². The first-order valence-electron chi connectivity index (χ1n) is 8.47. The first-order valence-corrected chi connectivity index (χ1v) is 9.64. The maximum Gasteiger partial charge on any atom is 0.258 e. The number of aromatic amines is 1. The molecule has 2 N–H and O–H groups in total. The Balaban J connectivity index is 1.59. The predicted octanol–water partition coefficient (Wildman–Crippen LogP) is 3.94. The molecule has 3 heterocycles. The van der Waals surface area contributed by atoms with Crippen molar-refractivity contribution in [2.45, 2.75) is 26.3 Å². The van der Waals surface area contributed by atoms with E-state index in [9.17, 15) is 4.79 Å². The Morgan fingerprint density at radius 1 is 1.33 bits per heavy atom. The Morgan fingerprint density at radius 3 is 2.81 bits per heavy atom. The van der Waals surface area contributed by atoms with Gasteiger partial charge in [0.1, 0.15) is 11.6 Å². The van der Waals surface area contributed by atoms with Gasteiger partial charge in [0.05, 0.1) is 15.9 Å². The smallest absolute Gasteiger partial charge is 0.258 e. The van der Waals surface area contributed by atoms with E-state index in [-0.39, 0.29) is 5.56 Å². The Labute approximate surface area is 169 Å². The van der Waals surface area contributed by atoms with Crippen molar-refractivity contribution in [1.29, 1.82) is 0 Å². The van der Waals surface area contributed by atoms with E-state index in [0.29, 0.717) is 38.7 Å². The zero-order valence-electron chi connectivity index (χ0n) is 14.8. The van der Waals surface area contributed by atoms with Crippen LogP contribution in [0.5, 0.6) is 0 Å². The van der Waals surface area contributed by atoms with Crippen molar-refractivity contribution in [3.05, 3.63) is 73.5 Å². The normalized spacial score (nSPS) is 16.8. The Hall–Kier alpha value is -2.22. The van der Waals surface area contributed by atoms with Crippen molar-refractivity contribution in [1.82, 2.24) is 20.4 Å². The molecule has 1 aliphatic heterocycles. The summed E-state index contributed by atoms with van der Waals surface area (Å²) in [5.41, 5.74) is 5.94. The van der Waals surface area contributed by atoms with Crippen LogP contribution in [-0.2, 0) is 6.42 Å². The molecule has 0 aliphatic carbocycles. The quantitative estimate of drug-likeness (QED) is 0.637. The number of aromatic nitrogens is 3. The first kappa shape index (κ1) is 18.2. The summed E-state index contributed by atoms with van der Waals surface area (Å²) in [5, 5.41) is 2.87. The molecule has 4 rings (SSSR count). The molecule has 1 aromatic carbocycles. The SMILES string of the molecule is CC1=CN(c2ccc(Cc3nc4cc(Br)c(Cl)cc4c(=O)[nH]3)cn2)NC1C. The summed E-state index contributed by atoms with van der Waals surface area (Å²) in [4.78, 5) is 24.2. The molecule has 1 atom stereocenters. The van der Waals surface area contributed by atoms with Crippen LogP contribution in [0.4, 0.5) is 5.82 Å². The Morgan fingerprint density at radius 2 is 2.15 bits per heavy atom. The van der Waals surface area contributed by atoms with E-state index in [0.717, 1.165) is 11.4 Å². The highest BCUT2D eigenvalue weighted by Gasteiger charge is 2.18. The number of pyridine rings is 1. The van der Waals surface area contributed by atoms with Crippen LogP contribution in [0, 0.1) is 0 Å². The van der Waals surface area contributed by atoms with E-state index in [1.54, 1.807) is 18.3 Å². The highest BCUT2D eigenvalue weighted by Crippen LogP contribution is 2.26. The fraction of sp³-hybridized carbons (Fsp3) is 0.211. The lowest BCUT2D eigenvalue weighted by Crippen LogP contribution is -2.34. The number of hydrogen-bond donors (Lipinski definition) is 2. The highest BCUT2D eigenvalue weighted by molar-refractivity contribution is 9.10. The molecule has 1 aliphatic rings. The van der Waals surface area contributed by atoms with Gasteiger partial charge in [0, 0.05) is 29.3 Å². The van der Waals surface area contributed by atoms with Gasteiger partial charge in [-0.25, -0.2) is 15.4 Å². The standard InChI is InChI=1S/C19H17BrClN5O/c1-10-9-26(25-11(10)2)18-4-3-12(8-22-18)5-17-23-16-7-14(20)15(21)6-13(16)19(27)24-17/h3-4,6-9,11,25H,5H2,1-2H3,(H,23,24,27). The number of fused-ring (bicyclic) bond motifs is 1. The van der Waals surface area contributed by atoms with Gasteiger partial charge >= 0.3 is 0 Å². The lowest BCUT2D eigenvalue weighted by molar-refractivity contribution is 0.659. The average Bonchev–Trinajstić information content (AvgIpc) is 2.96. The summed E-state index contributed by atoms with van der Waals surface area (Å²) in [6.07, 6.45) is 4.32. The van der Waals surface area contributed by atoms with Crippen molar-refractivity contribution >= 4 is 44.3 Å². The molecule has 1 unspecified atom stereocenters. The fourth-order valence-electron chi connectivity index (χ4n) is 2.92. The number of anilines is 1. The first-order chi connectivity index (χ1) is 12.9. The van der Waals surface area contributed by atoms with Gasteiger partial charge in [-0.15, -0.1) is 0 Å². The van der Waals surface area contributed by atoms with Gasteiger partial charge in [-0.05, 0) is 59.1 Å². The van der Waals surface area contributed by atoms with Gasteiger partial charge < -0.3 is 4.98 Å². The second kappa shape index (κ2) is 7.07. The fourth-order valence-corrected chi connectivity index (χ4v) is 3.41. The topological polar surface area (TPSA) is 73.9 Å². The molecule has 2 aromatic heterocycles. The molecule has 6 nitrogen and oxygen atoms in total. The van der Waals surface area contributed by atoms with Crippen molar-refractivity contribution in [3.8, 4) is 0 Å².